The van der Waals surface area contributed by atoms with E-state index in [0.29, 0.717) is 23.4 Å². The Morgan fingerprint density at radius 3 is 2.76 bits per heavy atom. The van der Waals surface area contributed by atoms with Gasteiger partial charge in [-0.05, 0) is 31.9 Å². The number of rotatable bonds is 7. The molecule has 0 unspecified atom stereocenters. The van der Waals surface area contributed by atoms with Crippen molar-refractivity contribution >= 4 is 17.7 Å². The van der Waals surface area contributed by atoms with Crippen LogP contribution < -0.4 is 5.32 Å². The molecule has 0 fully saturated rings. The number of nitrogens with one attached hydrogen (secondary N) is 1. The van der Waals surface area contributed by atoms with Gasteiger partial charge in [-0.3, -0.25) is 4.79 Å². The molecule has 1 atom stereocenters. The quantitative estimate of drug-likeness (QED) is 0.652. The number of hydrogen-bond acceptors (Lipinski definition) is 6. The number of carbonyl (C=O) groups is 1. The summed E-state index contributed by atoms with van der Waals surface area (Å²) in [5, 5.41) is 11.0. The molecule has 0 bridgehead atoms. The molecule has 0 radical (unpaired) electrons. The van der Waals surface area contributed by atoms with Crippen LogP contribution in [-0.4, -0.2) is 27.9 Å². The monoisotopic (exact) mass is 357 g/mol. The molecule has 0 spiro atoms. The van der Waals surface area contributed by atoms with Crippen LogP contribution in [0.2, 0.25) is 0 Å². The molecule has 0 aliphatic heterocycles. The number of aromatic nitrogens is 2. The van der Waals surface area contributed by atoms with E-state index in [1.54, 1.807) is 12.3 Å². The van der Waals surface area contributed by atoms with Crippen molar-refractivity contribution in [3.05, 3.63) is 54.0 Å². The first kappa shape index (κ1) is 17.3. The van der Waals surface area contributed by atoms with Gasteiger partial charge in [0, 0.05) is 6.54 Å². The lowest BCUT2D eigenvalue weighted by Gasteiger charge is -2.09. The number of nitrogens with zero attached hydrogens (tertiary/aromatic N) is 2. The van der Waals surface area contributed by atoms with Crippen LogP contribution in [0.4, 0.5) is 0 Å². The maximum Gasteiger partial charge on any atom is 0.277 e. The summed E-state index contributed by atoms with van der Waals surface area (Å²) < 4.78 is 10.8. The number of aryl methyl sites for hydroxylation is 1. The van der Waals surface area contributed by atoms with Crippen molar-refractivity contribution < 1.29 is 13.6 Å². The zero-order chi connectivity index (χ0) is 17.6. The van der Waals surface area contributed by atoms with Crippen molar-refractivity contribution in [2.75, 3.05) is 6.54 Å². The van der Waals surface area contributed by atoms with Crippen LogP contribution in [0, 0.1) is 6.92 Å². The van der Waals surface area contributed by atoms with Gasteiger partial charge in [-0.25, -0.2) is 0 Å². The van der Waals surface area contributed by atoms with Crippen LogP contribution in [0.5, 0.6) is 0 Å². The van der Waals surface area contributed by atoms with E-state index in [1.165, 1.54) is 17.3 Å². The van der Waals surface area contributed by atoms with Gasteiger partial charge in [0.2, 0.25) is 5.91 Å². The Hall–Kier alpha value is -2.54. The fraction of sp³-hybridized carbons (Fsp3) is 0.278. The molecule has 6 nitrogen and oxygen atoms in total. The highest BCUT2D eigenvalue weighted by Crippen LogP contribution is 2.28. The van der Waals surface area contributed by atoms with E-state index in [-0.39, 0.29) is 11.2 Å². The molecule has 1 aromatic carbocycles. The second-order valence-electron chi connectivity index (χ2n) is 5.55. The maximum absolute atomic E-state index is 12.2. The van der Waals surface area contributed by atoms with Crippen LogP contribution in [0.1, 0.15) is 18.2 Å². The van der Waals surface area contributed by atoms with Crippen LogP contribution in [0.3, 0.4) is 0 Å². The van der Waals surface area contributed by atoms with Crippen LogP contribution in [-0.2, 0) is 11.2 Å². The molecular formula is C18H19N3O3S. The molecule has 0 aliphatic carbocycles. The summed E-state index contributed by atoms with van der Waals surface area (Å²) in [4.78, 5) is 12.2. The molecule has 130 valence electrons. The fourth-order valence-corrected chi connectivity index (χ4v) is 3.00. The van der Waals surface area contributed by atoms with Crippen molar-refractivity contribution in [3.8, 4) is 11.5 Å². The molecule has 0 saturated heterocycles. The Morgan fingerprint density at radius 1 is 1.24 bits per heavy atom. The summed E-state index contributed by atoms with van der Waals surface area (Å²) in [5.41, 5.74) is 1.96. The summed E-state index contributed by atoms with van der Waals surface area (Å²) in [6.45, 7) is 4.24. The molecule has 25 heavy (non-hydrogen) atoms. The predicted octanol–water partition coefficient (Wildman–Crippen LogP) is 3.48. The summed E-state index contributed by atoms with van der Waals surface area (Å²) in [6.07, 6.45) is 2.37. The average Bonchev–Trinajstić information content (AvgIpc) is 3.24. The number of thioether (sulfide) groups is 1. The lowest BCUT2D eigenvalue weighted by Crippen LogP contribution is -2.32. The number of furan rings is 1. The highest BCUT2D eigenvalue weighted by Gasteiger charge is 2.19. The van der Waals surface area contributed by atoms with Crippen molar-refractivity contribution in [2.24, 2.45) is 0 Å². The van der Waals surface area contributed by atoms with Gasteiger partial charge < -0.3 is 14.2 Å². The summed E-state index contributed by atoms with van der Waals surface area (Å²) in [5.74, 6) is 1.05. The zero-order valence-corrected chi connectivity index (χ0v) is 14.9. The molecule has 2 aromatic heterocycles. The van der Waals surface area contributed by atoms with E-state index in [1.807, 2.05) is 44.2 Å². The van der Waals surface area contributed by atoms with Gasteiger partial charge in [0.05, 0.1) is 17.1 Å². The molecule has 0 saturated carbocycles. The first-order valence-electron chi connectivity index (χ1n) is 8.00. The number of amides is 1. The third-order valence-corrected chi connectivity index (χ3v) is 4.63. The Morgan fingerprint density at radius 2 is 2.04 bits per heavy atom. The fourth-order valence-electron chi connectivity index (χ4n) is 2.30. The Bertz CT molecular complexity index is 829. The number of benzene rings is 1. The highest BCUT2D eigenvalue weighted by atomic mass is 32.2. The van der Waals surface area contributed by atoms with Crippen LogP contribution >= 0.6 is 11.8 Å². The lowest BCUT2D eigenvalue weighted by atomic mass is 10.1. The molecule has 3 aromatic rings. The minimum absolute atomic E-state index is 0.0554. The second-order valence-corrected chi connectivity index (χ2v) is 6.84. The van der Waals surface area contributed by atoms with Crippen molar-refractivity contribution in [1.82, 2.24) is 15.5 Å². The van der Waals surface area contributed by atoms with Gasteiger partial charge in [0.25, 0.3) is 11.1 Å². The van der Waals surface area contributed by atoms with E-state index in [2.05, 4.69) is 15.5 Å². The molecule has 7 heteroatoms. The van der Waals surface area contributed by atoms with Gasteiger partial charge in [-0.1, -0.05) is 42.1 Å². The molecular weight excluding hydrogens is 338 g/mol. The van der Waals surface area contributed by atoms with Crippen molar-refractivity contribution in [1.29, 1.82) is 0 Å². The first-order valence-corrected chi connectivity index (χ1v) is 8.87. The van der Waals surface area contributed by atoms with E-state index < -0.39 is 0 Å². The van der Waals surface area contributed by atoms with Gasteiger partial charge in [0.1, 0.15) is 5.76 Å². The zero-order valence-electron chi connectivity index (χ0n) is 14.1. The normalized spacial score (nSPS) is 12.1. The minimum Gasteiger partial charge on any atom is -0.469 e. The van der Waals surface area contributed by atoms with E-state index in [9.17, 15) is 4.79 Å². The van der Waals surface area contributed by atoms with E-state index in [0.717, 1.165) is 12.0 Å². The van der Waals surface area contributed by atoms with Gasteiger partial charge in [-0.15, -0.1) is 10.2 Å². The van der Waals surface area contributed by atoms with Crippen molar-refractivity contribution in [2.45, 2.75) is 30.7 Å². The minimum atomic E-state index is -0.325. The highest BCUT2D eigenvalue weighted by molar-refractivity contribution is 8.00. The molecule has 2 heterocycles. The van der Waals surface area contributed by atoms with Gasteiger partial charge in [-0.2, -0.15) is 0 Å². The summed E-state index contributed by atoms with van der Waals surface area (Å²) in [7, 11) is 0. The third-order valence-electron chi connectivity index (χ3n) is 3.70. The van der Waals surface area contributed by atoms with Crippen LogP contribution in [0.15, 0.2) is 56.7 Å². The van der Waals surface area contributed by atoms with E-state index >= 15 is 0 Å². The van der Waals surface area contributed by atoms with Crippen molar-refractivity contribution in [3.63, 3.8) is 0 Å². The predicted molar refractivity (Wildman–Crippen MR) is 95.2 cm³/mol. The molecule has 0 aliphatic rings. The Kier molecular flexibility index (Phi) is 5.55. The summed E-state index contributed by atoms with van der Waals surface area (Å²) in [6, 6.07) is 11.8. The van der Waals surface area contributed by atoms with E-state index in [4.69, 9.17) is 8.83 Å². The molecule has 3 rings (SSSR count). The smallest absolute Gasteiger partial charge is 0.277 e. The topological polar surface area (TPSA) is 81.2 Å². The number of carbonyl (C=O) groups excluding carboxylic acids is 1. The standard InChI is InChI=1S/C18H19N3O3S/c1-12-15(9-11-23-12)17-20-21-18(24-17)25-13(2)16(22)19-10-8-14-6-4-3-5-7-14/h3-7,9,11,13H,8,10H2,1-2H3,(H,19,22)/t13-/m0/s1. The largest absolute Gasteiger partial charge is 0.469 e. The average molecular weight is 357 g/mol. The van der Waals surface area contributed by atoms with Gasteiger partial charge in [0.15, 0.2) is 0 Å². The first-order chi connectivity index (χ1) is 12.1. The SMILES string of the molecule is Cc1occc1-c1nnc(S[C@@H](C)C(=O)NCCc2ccccc2)o1. The Balaban J connectivity index is 1.50. The van der Waals surface area contributed by atoms with Gasteiger partial charge >= 0.3 is 0 Å². The lowest BCUT2D eigenvalue weighted by molar-refractivity contribution is -0.120. The molecule has 1 N–H and O–H groups in total. The van der Waals surface area contributed by atoms with Crippen LogP contribution in [0.25, 0.3) is 11.5 Å². The molecule has 1 amide bonds. The third kappa shape index (κ3) is 4.51. The summed E-state index contributed by atoms with van der Waals surface area (Å²) >= 11 is 1.24. The number of hydrogen-bond donors (Lipinski definition) is 1. The Labute approximate surface area is 150 Å². The maximum atomic E-state index is 12.2. The second kappa shape index (κ2) is 8.02.